The number of piperidine rings is 1. The second-order valence-corrected chi connectivity index (χ2v) is 7.78. The Kier molecular flexibility index (Phi) is 5.88. The van der Waals surface area contributed by atoms with Crippen LogP contribution in [0.2, 0.25) is 0 Å². The highest BCUT2D eigenvalue weighted by molar-refractivity contribution is 4.81. The van der Waals surface area contributed by atoms with Crippen LogP contribution in [0.5, 0.6) is 0 Å². The Morgan fingerprint density at radius 1 is 1.20 bits per heavy atom. The van der Waals surface area contributed by atoms with Gasteiger partial charge in [0.15, 0.2) is 0 Å². The van der Waals surface area contributed by atoms with Gasteiger partial charge >= 0.3 is 0 Å². The summed E-state index contributed by atoms with van der Waals surface area (Å²) in [4.78, 5) is 2.62. The highest BCUT2D eigenvalue weighted by Crippen LogP contribution is 2.34. The average molecular weight is 282 g/mol. The molecule has 0 aliphatic carbocycles. The van der Waals surface area contributed by atoms with Gasteiger partial charge in [0.25, 0.3) is 0 Å². The SMILES string of the molecule is CC(NCCN1CCC(C(C)(C)C)CC1)C1CCCO1. The van der Waals surface area contributed by atoms with Crippen LogP contribution in [0.4, 0.5) is 0 Å². The van der Waals surface area contributed by atoms with Gasteiger partial charge in [0.05, 0.1) is 6.10 Å². The van der Waals surface area contributed by atoms with Crippen LogP contribution in [-0.2, 0) is 4.74 Å². The predicted molar refractivity (Wildman–Crippen MR) is 85.1 cm³/mol. The molecule has 1 N–H and O–H groups in total. The lowest BCUT2D eigenvalue weighted by Crippen LogP contribution is -2.44. The molecule has 0 amide bonds. The zero-order chi connectivity index (χ0) is 14.6. The van der Waals surface area contributed by atoms with Gasteiger partial charge in [-0.05, 0) is 57.0 Å². The second kappa shape index (κ2) is 7.24. The van der Waals surface area contributed by atoms with Crippen molar-refractivity contribution in [3.05, 3.63) is 0 Å². The van der Waals surface area contributed by atoms with E-state index in [9.17, 15) is 0 Å². The molecule has 2 heterocycles. The lowest BCUT2D eigenvalue weighted by molar-refractivity contribution is 0.0796. The third kappa shape index (κ3) is 4.71. The minimum atomic E-state index is 0.446. The molecule has 2 atom stereocenters. The third-order valence-electron chi connectivity index (χ3n) is 5.23. The average Bonchev–Trinajstić information content (AvgIpc) is 2.92. The summed E-state index contributed by atoms with van der Waals surface area (Å²) in [5.41, 5.74) is 0.485. The first-order valence-electron chi connectivity index (χ1n) is 8.54. The van der Waals surface area contributed by atoms with Crippen LogP contribution in [-0.4, -0.2) is 49.8 Å². The molecule has 2 unspecified atom stereocenters. The van der Waals surface area contributed by atoms with E-state index in [1.54, 1.807) is 0 Å². The molecule has 2 saturated heterocycles. The summed E-state index contributed by atoms with van der Waals surface area (Å²) in [7, 11) is 0. The summed E-state index contributed by atoms with van der Waals surface area (Å²) >= 11 is 0. The molecule has 2 rings (SSSR count). The molecule has 0 radical (unpaired) electrons. The maximum absolute atomic E-state index is 5.73. The fraction of sp³-hybridized carbons (Fsp3) is 1.00. The Balaban J connectivity index is 1.59. The van der Waals surface area contributed by atoms with Crippen molar-refractivity contribution >= 4 is 0 Å². The standard InChI is InChI=1S/C17H34N2O/c1-14(16-6-5-13-20-16)18-9-12-19-10-7-15(8-11-19)17(2,3)4/h14-16,18H,5-13H2,1-4H3. The minimum Gasteiger partial charge on any atom is -0.377 e. The molecule has 2 aliphatic rings. The molecule has 3 heteroatoms. The van der Waals surface area contributed by atoms with Gasteiger partial charge in [-0.15, -0.1) is 0 Å². The van der Waals surface area contributed by atoms with Crippen molar-refractivity contribution in [1.82, 2.24) is 10.2 Å². The van der Waals surface area contributed by atoms with Crippen LogP contribution in [0.3, 0.4) is 0 Å². The topological polar surface area (TPSA) is 24.5 Å². The molecule has 0 aromatic heterocycles. The van der Waals surface area contributed by atoms with Gasteiger partial charge in [-0.3, -0.25) is 0 Å². The number of hydrogen-bond donors (Lipinski definition) is 1. The van der Waals surface area contributed by atoms with Gasteiger partial charge in [0.1, 0.15) is 0 Å². The first kappa shape index (κ1) is 16.3. The summed E-state index contributed by atoms with van der Waals surface area (Å²) in [6.07, 6.45) is 5.64. The zero-order valence-corrected chi connectivity index (χ0v) is 14.0. The van der Waals surface area contributed by atoms with Crippen LogP contribution in [0.15, 0.2) is 0 Å². The first-order valence-corrected chi connectivity index (χ1v) is 8.54. The molecule has 0 aromatic rings. The first-order chi connectivity index (χ1) is 9.47. The molecule has 3 nitrogen and oxygen atoms in total. The molecule has 20 heavy (non-hydrogen) atoms. The Hall–Kier alpha value is -0.120. The second-order valence-electron chi connectivity index (χ2n) is 7.78. The minimum absolute atomic E-state index is 0.446. The summed E-state index contributed by atoms with van der Waals surface area (Å²) in [5, 5.41) is 3.65. The van der Waals surface area contributed by atoms with Gasteiger partial charge in [0.2, 0.25) is 0 Å². The Bertz CT molecular complexity index is 273. The molecular formula is C17H34N2O. The van der Waals surface area contributed by atoms with Crippen LogP contribution >= 0.6 is 0 Å². The molecule has 0 bridgehead atoms. The number of likely N-dealkylation sites (tertiary alicyclic amines) is 1. The highest BCUT2D eigenvalue weighted by atomic mass is 16.5. The highest BCUT2D eigenvalue weighted by Gasteiger charge is 2.28. The van der Waals surface area contributed by atoms with Gasteiger partial charge in [-0.2, -0.15) is 0 Å². The van der Waals surface area contributed by atoms with Gasteiger partial charge < -0.3 is 15.0 Å². The summed E-state index contributed by atoms with van der Waals surface area (Å²) in [6, 6.07) is 0.504. The number of nitrogens with one attached hydrogen (secondary N) is 1. The van der Waals surface area contributed by atoms with Crippen molar-refractivity contribution in [1.29, 1.82) is 0 Å². The van der Waals surface area contributed by atoms with E-state index < -0.39 is 0 Å². The predicted octanol–water partition coefficient (Wildman–Crippen LogP) is 2.90. The molecule has 118 valence electrons. The van der Waals surface area contributed by atoms with Crippen molar-refractivity contribution in [2.45, 2.75) is 65.5 Å². The monoisotopic (exact) mass is 282 g/mol. The summed E-state index contributed by atoms with van der Waals surface area (Å²) in [6.45, 7) is 15.2. The van der Waals surface area contributed by atoms with Gasteiger partial charge in [-0.25, -0.2) is 0 Å². The summed E-state index contributed by atoms with van der Waals surface area (Å²) in [5.74, 6) is 0.900. The maximum Gasteiger partial charge on any atom is 0.0726 e. The molecule has 2 aliphatic heterocycles. The smallest absolute Gasteiger partial charge is 0.0726 e. The van der Waals surface area contributed by atoms with E-state index in [0.29, 0.717) is 17.6 Å². The molecule has 0 saturated carbocycles. The van der Waals surface area contributed by atoms with Crippen LogP contribution in [0.1, 0.15) is 53.4 Å². The van der Waals surface area contributed by atoms with Crippen LogP contribution < -0.4 is 5.32 Å². The van der Waals surface area contributed by atoms with E-state index in [1.807, 2.05) is 0 Å². The van der Waals surface area contributed by atoms with E-state index in [2.05, 4.69) is 37.9 Å². The van der Waals surface area contributed by atoms with Crippen molar-refractivity contribution in [3.63, 3.8) is 0 Å². The van der Waals surface area contributed by atoms with E-state index in [-0.39, 0.29) is 0 Å². The number of ether oxygens (including phenoxy) is 1. The van der Waals surface area contributed by atoms with Crippen molar-refractivity contribution in [3.8, 4) is 0 Å². The quantitative estimate of drug-likeness (QED) is 0.839. The fourth-order valence-electron chi connectivity index (χ4n) is 3.60. The Labute approximate surface area is 125 Å². The lowest BCUT2D eigenvalue weighted by atomic mass is 9.75. The number of hydrogen-bond acceptors (Lipinski definition) is 3. The normalized spacial score (nSPS) is 27.9. The van der Waals surface area contributed by atoms with E-state index in [0.717, 1.165) is 19.1 Å². The van der Waals surface area contributed by atoms with Gasteiger partial charge in [0, 0.05) is 25.7 Å². The molecular weight excluding hydrogens is 248 g/mol. The number of nitrogens with zero attached hydrogens (tertiary/aromatic N) is 1. The lowest BCUT2D eigenvalue weighted by Gasteiger charge is -2.39. The van der Waals surface area contributed by atoms with Crippen molar-refractivity contribution in [2.75, 3.05) is 32.8 Å². The van der Waals surface area contributed by atoms with Crippen molar-refractivity contribution < 1.29 is 4.74 Å². The fourth-order valence-corrected chi connectivity index (χ4v) is 3.60. The van der Waals surface area contributed by atoms with E-state index in [4.69, 9.17) is 4.74 Å². The van der Waals surface area contributed by atoms with E-state index >= 15 is 0 Å². The largest absolute Gasteiger partial charge is 0.377 e. The zero-order valence-electron chi connectivity index (χ0n) is 14.0. The third-order valence-corrected chi connectivity index (χ3v) is 5.23. The summed E-state index contributed by atoms with van der Waals surface area (Å²) < 4.78 is 5.73. The Morgan fingerprint density at radius 2 is 1.90 bits per heavy atom. The molecule has 0 spiro atoms. The number of rotatable bonds is 5. The Morgan fingerprint density at radius 3 is 2.45 bits per heavy atom. The van der Waals surface area contributed by atoms with Crippen LogP contribution in [0.25, 0.3) is 0 Å². The maximum atomic E-state index is 5.73. The van der Waals surface area contributed by atoms with Gasteiger partial charge in [-0.1, -0.05) is 20.8 Å². The van der Waals surface area contributed by atoms with Crippen molar-refractivity contribution in [2.24, 2.45) is 11.3 Å². The van der Waals surface area contributed by atoms with Crippen LogP contribution in [0, 0.1) is 11.3 Å². The molecule has 0 aromatic carbocycles. The van der Waals surface area contributed by atoms with E-state index in [1.165, 1.54) is 45.3 Å². The molecule has 2 fully saturated rings.